The molecule has 0 saturated heterocycles. The Balaban J connectivity index is 2.12. The molecule has 0 saturated carbocycles. The molecule has 0 aliphatic rings. The van der Waals surface area contributed by atoms with Gasteiger partial charge in [0.25, 0.3) is 5.91 Å². The number of amides is 1. The van der Waals surface area contributed by atoms with Crippen LogP contribution in [0.2, 0.25) is 0 Å². The van der Waals surface area contributed by atoms with Gasteiger partial charge in [0.15, 0.2) is 0 Å². The van der Waals surface area contributed by atoms with Gasteiger partial charge in [0.1, 0.15) is 0 Å². The van der Waals surface area contributed by atoms with Crippen molar-refractivity contribution in [3.63, 3.8) is 0 Å². The lowest BCUT2D eigenvalue weighted by molar-refractivity contribution is 0.0951. The van der Waals surface area contributed by atoms with Gasteiger partial charge in [0.05, 0.1) is 11.3 Å². The highest BCUT2D eigenvalue weighted by molar-refractivity contribution is 5.99. The van der Waals surface area contributed by atoms with Crippen LogP contribution in [-0.4, -0.2) is 10.9 Å². The van der Waals surface area contributed by atoms with E-state index in [4.69, 9.17) is 5.84 Å². The molecule has 5 heteroatoms. The summed E-state index contributed by atoms with van der Waals surface area (Å²) in [5.41, 5.74) is 6.71. The number of rotatable bonds is 5. The van der Waals surface area contributed by atoms with E-state index in [9.17, 15) is 4.79 Å². The molecule has 0 radical (unpaired) electrons. The molecule has 21 heavy (non-hydrogen) atoms. The van der Waals surface area contributed by atoms with Crippen LogP contribution < -0.4 is 16.6 Å². The number of nitrogen functional groups attached to an aromatic ring is 1. The molecule has 0 unspecified atom stereocenters. The van der Waals surface area contributed by atoms with Crippen LogP contribution in [0.1, 0.15) is 34.1 Å². The van der Waals surface area contributed by atoms with Gasteiger partial charge < -0.3 is 10.7 Å². The fourth-order valence-electron chi connectivity index (χ4n) is 2.21. The van der Waals surface area contributed by atoms with Crippen molar-refractivity contribution in [1.82, 2.24) is 10.3 Å². The summed E-state index contributed by atoms with van der Waals surface area (Å²) in [6.07, 6.45) is 2.47. The Morgan fingerprint density at radius 1 is 1.29 bits per heavy atom. The van der Waals surface area contributed by atoms with E-state index in [1.54, 1.807) is 6.07 Å². The molecule has 1 amide bonds. The number of hydrogen-bond donors (Lipinski definition) is 3. The summed E-state index contributed by atoms with van der Waals surface area (Å²) in [5.74, 6) is 5.26. The smallest absolute Gasteiger partial charge is 0.255 e. The molecule has 0 bridgehead atoms. The van der Waals surface area contributed by atoms with Crippen LogP contribution >= 0.6 is 0 Å². The Kier molecular flexibility index (Phi) is 4.90. The van der Waals surface area contributed by atoms with E-state index in [1.165, 1.54) is 11.8 Å². The summed E-state index contributed by atoms with van der Waals surface area (Å²) in [4.78, 5) is 16.4. The predicted molar refractivity (Wildman–Crippen MR) is 83.8 cm³/mol. The third-order valence-corrected chi connectivity index (χ3v) is 3.38. The van der Waals surface area contributed by atoms with Crippen LogP contribution in [0.3, 0.4) is 0 Å². The van der Waals surface area contributed by atoms with Crippen molar-refractivity contribution in [1.29, 1.82) is 0 Å². The van der Waals surface area contributed by atoms with Gasteiger partial charge in [-0.05, 0) is 30.5 Å². The van der Waals surface area contributed by atoms with E-state index in [0.29, 0.717) is 17.8 Å². The van der Waals surface area contributed by atoms with Gasteiger partial charge in [-0.15, -0.1) is 0 Å². The van der Waals surface area contributed by atoms with E-state index in [0.717, 1.165) is 17.7 Å². The number of benzene rings is 1. The van der Waals surface area contributed by atoms with Crippen LogP contribution in [0, 0.1) is 6.92 Å². The van der Waals surface area contributed by atoms with E-state index < -0.39 is 0 Å². The SMILES string of the molecule is CCc1ccccc1CNC(=O)c1cnc(C)cc1NN. The molecule has 1 aromatic heterocycles. The zero-order chi connectivity index (χ0) is 15.2. The monoisotopic (exact) mass is 284 g/mol. The molecule has 2 aromatic rings. The van der Waals surface area contributed by atoms with E-state index >= 15 is 0 Å². The minimum absolute atomic E-state index is 0.193. The normalized spacial score (nSPS) is 10.2. The standard InChI is InChI=1S/C16H20N4O/c1-3-12-6-4-5-7-13(12)9-19-16(21)14-10-18-11(2)8-15(14)20-17/h4-8,10H,3,9,17H2,1-2H3,(H,18,20)(H,19,21). The number of hydrogen-bond acceptors (Lipinski definition) is 4. The molecule has 1 heterocycles. The summed E-state index contributed by atoms with van der Waals surface area (Å²) >= 11 is 0. The van der Waals surface area contributed by atoms with Gasteiger partial charge in [-0.25, -0.2) is 0 Å². The molecular formula is C16H20N4O. The van der Waals surface area contributed by atoms with Gasteiger partial charge in [0, 0.05) is 18.4 Å². The van der Waals surface area contributed by atoms with Crippen molar-refractivity contribution in [2.24, 2.45) is 5.84 Å². The minimum Gasteiger partial charge on any atom is -0.348 e. The lowest BCUT2D eigenvalue weighted by Gasteiger charge is -2.12. The number of pyridine rings is 1. The zero-order valence-corrected chi connectivity index (χ0v) is 12.3. The first kappa shape index (κ1) is 15.0. The second-order valence-electron chi connectivity index (χ2n) is 4.82. The number of hydrazine groups is 1. The quantitative estimate of drug-likeness (QED) is 0.580. The fourth-order valence-corrected chi connectivity index (χ4v) is 2.21. The molecule has 110 valence electrons. The van der Waals surface area contributed by atoms with Crippen molar-refractivity contribution in [3.05, 3.63) is 58.9 Å². The number of aromatic nitrogens is 1. The van der Waals surface area contributed by atoms with Crippen molar-refractivity contribution in [2.75, 3.05) is 5.43 Å². The Hall–Kier alpha value is -2.40. The fraction of sp³-hybridized carbons (Fsp3) is 0.250. The number of carbonyl (C=O) groups excluding carboxylic acids is 1. The molecule has 4 N–H and O–H groups in total. The van der Waals surface area contributed by atoms with Gasteiger partial charge in [-0.3, -0.25) is 15.6 Å². The molecule has 0 atom stereocenters. The minimum atomic E-state index is -0.193. The van der Waals surface area contributed by atoms with Crippen molar-refractivity contribution < 1.29 is 4.79 Å². The number of nitrogens with two attached hydrogens (primary N) is 1. The van der Waals surface area contributed by atoms with Crippen molar-refractivity contribution >= 4 is 11.6 Å². The first-order valence-electron chi connectivity index (χ1n) is 6.94. The lowest BCUT2D eigenvalue weighted by Crippen LogP contribution is -2.25. The Labute approximate surface area is 124 Å². The maximum absolute atomic E-state index is 12.3. The number of nitrogens with zero attached hydrogens (tertiary/aromatic N) is 1. The molecular weight excluding hydrogens is 264 g/mol. The number of carbonyl (C=O) groups is 1. The average Bonchev–Trinajstić information content (AvgIpc) is 2.52. The highest BCUT2D eigenvalue weighted by Crippen LogP contribution is 2.15. The number of aryl methyl sites for hydroxylation is 2. The van der Waals surface area contributed by atoms with Crippen molar-refractivity contribution in [3.8, 4) is 0 Å². The lowest BCUT2D eigenvalue weighted by atomic mass is 10.1. The Morgan fingerprint density at radius 2 is 2.00 bits per heavy atom. The summed E-state index contributed by atoms with van der Waals surface area (Å²) in [5, 5.41) is 2.91. The third kappa shape index (κ3) is 3.58. The highest BCUT2D eigenvalue weighted by atomic mass is 16.1. The zero-order valence-electron chi connectivity index (χ0n) is 12.3. The van der Waals surface area contributed by atoms with Gasteiger partial charge >= 0.3 is 0 Å². The molecule has 0 aliphatic heterocycles. The van der Waals surface area contributed by atoms with E-state index in [2.05, 4.69) is 28.7 Å². The third-order valence-electron chi connectivity index (χ3n) is 3.38. The Morgan fingerprint density at radius 3 is 2.67 bits per heavy atom. The van der Waals surface area contributed by atoms with Crippen molar-refractivity contribution in [2.45, 2.75) is 26.8 Å². The maximum Gasteiger partial charge on any atom is 0.255 e. The molecule has 0 spiro atoms. The largest absolute Gasteiger partial charge is 0.348 e. The van der Waals surface area contributed by atoms with E-state index in [1.807, 2.05) is 25.1 Å². The Bertz CT molecular complexity index is 640. The molecule has 5 nitrogen and oxygen atoms in total. The molecule has 0 fully saturated rings. The number of anilines is 1. The first-order valence-corrected chi connectivity index (χ1v) is 6.94. The summed E-state index contributed by atoms with van der Waals surface area (Å²) in [7, 11) is 0. The van der Waals surface area contributed by atoms with Gasteiger partial charge in [-0.1, -0.05) is 31.2 Å². The molecule has 2 rings (SSSR count). The predicted octanol–water partition coefficient (Wildman–Crippen LogP) is 2.17. The summed E-state index contributed by atoms with van der Waals surface area (Å²) in [6, 6.07) is 9.82. The highest BCUT2D eigenvalue weighted by Gasteiger charge is 2.12. The average molecular weight is 284 g/mol. The van der Waals surface area contributed by atoms with Crippen LogP contribution in [0.5, 0.6) is 0 Å². The first-order chi connectivity index (χ1) is 10.2. The summed E-state index contributed by atoms with van der Waals surface area (Å²) < 4.78 is 0. The second kappa shape index (κ2) is 6.85. The summed E-state index contributed by atoms with van der Waals surface area (Å²) in [6.45, 7) is 4.43. The van der Waals surface area contributed by atoms with Crippen LogP contribution in [0.25, 0.3) is 0 Å². The van der Waals surface area contributed by atoms with Gasteiger partial charge in [0.2, 0.25) is 0 Å². The van der Waals surface area contributed by atoms with Gasteiger partial charge in [-0.2, -0.15) is 0 Å². The van der Waals surface area contributed by atoms with Crippen LogP contribution in [-0.2, 0) is 13.0 Å². The topological polar surface area (TPSA) is 80.0 Å². The van der Waals surface area contributed by atoms with Crippen LogP contribution in [0.15, 0.2) is 36.5 Å². The second-order valence-corrected chi connectivity index (χ2v) is 4.82. The van der Waals surface area contributed by atoms with E-state index in [-0.39, 0.29) is 5.91 Å². The maximum atomic E-state index is 12.3. The number of nitrogens with one attached hydrogen (secondary N) is 2. The molecule has 0 aliphatic carbocycles. The van der Waals surface area contributed by atoms with Crippen LogP contribution in [0.4, 0.5) is 5.69 Å². The molecule has 1 aromatic carbocycles.